The van der Waals surface area contributed by atoms with Crippen LogP contribution in [0.5, 0.6) is 5.75 Å². The first-order valence-corrected chi connectivity index (χ1v) is 10.3. The number of hydrogen-bond acceptors (Lipinski definition) is 6. The molecule has 2 aromatic carbocycles. The maximum atomic E-state index is 12.7. The van der Waals surface area contributed by atoms with Gasteiger partial charge in [-0.1, -0.05) is 42.5 Å². The van der Waals surface area contributed by atoms with E-state index in [1.54, 1.807) is 80.6 Å². The summed E-state index contributed by atoms with van der Waals surface area (Å²) in [5.41, 5.74) is 7.04. The molecule has 1 heterocycles. The zero-order valence-corrected chi connectivity index (χ0v) is 18.6. The topological polar surface area (TPSA) is 110 Å². The number of aliphatic imine (C=N–C) groups is 1. The van der Waals surface area contributed by atoms with Crippen LogP contribution in [0, 0.1) is 0 Å². The molecule has 0 aliphatic heterocycles. The van der Waals surface area contributed by atoms with Crippen molar-refractivity contribution in [2.45, 2.75) is 25.8 Å². The van der Waals surface area contributed by atoms with E-state index in [0.717, 1.165) is 6.21 Å². The summed E-state index contributed by atoms with van der Waals surface area (Å²) in [6.45, 7) is 0.319. The summed E-state index contributed by atoms with van der Waals surface area (Å²) in [5, 5.41) is 12.6. The van der Waals surface area contributed by atoms with E-state index < -0.39 is 17.9 Å². The molecular formula is C25H24F2N4O3. The number of aliphatic carboxylic acids is 1. The number of carbonyl (C=O) groups is 1. The first-order valence-electron chi connectivity index (χ1n) is 10.3. The van der Waals surface area contributed by atoms with Gasteiger partial charge in [0, 0.05) is 23.5 Å². The number of ether oxygens (including phenoxy) is 1. The minimum absolute atomic E-state index is 0.0474. The van der Waals surface area contributed by atoms with Crippen LogP contribution in [0.3, 0.4) is 0 Å². The van der Waals surface area contributed by atoms with Gasteiger partial charge in [0.05, 0.1) is 17.3 Å². The molecule has 3 aromatic rings. The molecule has 7 nitrogen and oxygen atoms in total. The van der Waals surface area contributed by atoms with Gasteiger partial charge in [-0.05, 0) is 37.6 Å². The summed E-state index contributed by atoms with van der Waals surface area (Å²) >= 11 is 0. The molecule has 9 heteroatoms. The maximum Gasteiger partial charge on any atom is 0.331 e. The van der Waals surface area contributed by atoms with Gasteiger partial charge in [-0.25, -0.2) is 9.98 Å². The van der Waals surface area contributed by atoms with Gasteiger partial charge in [0.15, 0.2) is 5.76 Å². The highest BCUT2D eigenvalue weighted by molar-refractivity contribution is 5.88. The standard InChI is InChI=1S/C25H24F2N4O3/c1-25(2,23(32)33)17-9-6-10-18(13-17)31-21-14-19(11-12-29-21)34-20(15-30-24(26)27)22(28)16-7-4-3-5-8-16/h3-15,24H,28H2,1-2H3,(H,29,31)(H,32,33)/b22-20+,30-15+. The molecule has 0 unspecified atom stereocenters. The number of nitrogens with two attached hydrogens (primary N) is 1. The predicted octanol–water partition coefficient (Wildman–Crippen LogP) is 5.19. The molecular weight excluding hydrogens is 442 g/mol. The third kappa shape index (κ3) is 6.16. The average Bonchev–Trinajstić information content (AvgIpc) is 2.82. The first-order chi connectivity index (χ1) is 16.2. The van der Waals surface area contributed by atoms with Crippen molar-refractivity contribution < 1.29 is 23.4 Å². The Kier molecular flexibility index (Phi) is 7.57. The van der Waals surface area contributed by atoms with Gasteiger partial charge in [0.1, 0.15) is 11.6 Å². The third-order valence-electron chi connectivity index (χ3n) is 5.01. The minimum Gasteiger partial charge on any atom is -0.481 e. The number of carboxylic acids is 1. The van der Waals surface area contributed by atoms with E-state index in [4.69, 9.17) is 10.5 Å². The third-order valence-corrected chi connectivity index (χ3v) is 5.01. The average molecular weight is 466 g/mol. The van der Waals surface area contributed by atoms with E-state index in [2.05, 4.69) is 15.3 Å². The zero-order chi connectivity index (χ0) is 24.7. The summed E-state index contributed by atoms with van der Waals surface area (Å²) in [7, 11) is 0. The van der Waals surface area contributed by atoms with Crippen molar-refractivity contribution in [3.63, 3.8) is 0 Å². The zero-order valence-electron chi connectivity index (χ0n) is 18.6. The monoisotopic (exact) mass is 466 g/mol. The summed E-state index contributed by atoms with van der Waals surface area (Å²) in [6, 6.07) is 18.8. The summed E-state index contributed by atoms with van der Waals surface area (Å²) in [5.74, 6) is -0.312. The number of nitrogens with one attached hydrogen (secondary N) is 1. The van der Waals surface area contributed by atoms with Gasteiger partial charge in [-0.2, -0.15) is 8.78 Å². The molecule has 0 spiro atoms. The van der Waals surface area contributed by atoms with E-state index in [-0.39, 0.29) is 17.2 Å². The number of allylic oxidation sites excluding steroid dienone is 1. The van der Waals surface area contributed by atoms with Gasteiger partial charge in [-0.15, -0.1) is 0 Å². The highest BCUT2D eigenvalue weighted by Crippen LogP contribution is 2.28. The lowest BCUT2D eigenvalue weighted by Gasteiger charge is -2.20. The van der Waals surface area contributed by atoms with E-state index in [0.29, 0.717) is 22.6 Å². The van der Waals surface area contributed by atoms with Gasteiger partial charge >= 0.3 is 12.5 Å². The van der Waals surface area contributed by atoms with Gasteiger partial charge < -0.3 is 20.9 Å². The summed E-state index contributed by atoms with van der Waals surface area (Å²) in [4.78, 5) is 18.9. The van der Waals surface area contributed by atoms with Crippen LogP contribution in [0.15, 0.2) is 83.7 Å². The van der Waals surface area contributed by atoms with Crippen LogP contribution >= 0.6 is 0 Å². The molecule has 0 fully saturated rings. The smallest absolute Gasteiger partial charge is 0.331 e. The van der Waals surface area contributed by atoms with Crippen LogP contribution in [0.2, 0.25) is 0 Å². The number of nitrogens with zero attached hydrogens (tertiary/aromatic N) is 2. The highest BCUT2D eigenvalue weighted by atomic mass is 19.3. The fourth-order valence-electron chi connectivity index (χ4n) is 2.96. The molecule has 0 bridgehead atoms. The Hall–Kier alpha value is -4.27. The Balaban J connectivity index is 1.88. The molecule has 0 atom stereocenters. The molecule has 1 aromatic heterocycles. The Bertz CT molecular complexity index is 1210. The quantitative estimate of drug-likeness (QED) is 0.228. The van der Waals surface area contributed by atoms with Gasteiger partial charge in [0.25, 0.3) is 0 Å². The lowest BCUT2D eigenvalue weighted by Crippen LogP contribution is -2.28. The van der Waals surface area contributed by atoms with E-state index in [9.17, 15) is 18.7 Å². The first kappa shape index (κ1) is 24.4. The van der Waals surface area contributed by atoms with E-state index in [1.807, 2.05) is 0 Å². The van der Waals surface area contributed by atoms with Crippen molar-refractivity contribution in [2.24, 2.45) is 10.7 Å². The van der Waals surface area contributed by atoms with E-state index >= 15 is 0 Å². The number of rotatable bonds is 9. The lowest BCUT2D eigenvalue weighted by molar-refractivity contribution is -0.142. The summed E-state index contributed by atoms with van der Waals surface area (Å²) in [6.07, 6.45) is 2.36. The SMILES string of the molecule is CC(C)(C(=O)O)c1cccc(Nc2cc(OC(/C=N/C(F)F)=C(/N)c3ccccc3)ccn2)c1. The number of carboxylic acid groups (broad SMARTS) is 1. The summed E-state index contributed by atoms with van der Waals surface area (Å²) < 4.78 is 31.2. The van der Waals surface area contributed by atoms with Crippen molar-refractivity contribution in [3.05, 3.63) is 89.8 Å². The Labute approximate surface area is 195 Å². The molecule has 34 heavy (non-hydrogen) atoms. The van der Waals surface area contributed by atoms with Crippen LogP contribution in [-0.2, 0) is 10.2 Å². The van der Waals surface area contributed by atoms with Crippen molar-refractivity contribution >= 4 is 29.4 Å². The highest BCUT2D eigenvalue weighted by Gasteiger charge is 2.29. The molecule has 0 aliphatic carbocycles. The molecule has 0 saturated heterocycles. The predicted molar refractivity (Wildman–Crippen MR) is 127 cm³/mol. The van der Waals surface area contributed by atoms with Crippen LogP contribution < -0.4 is 15.8 Å². The largest absolute Gasteiger partial charge is 0.481 e. The fraction of sp³-hybridized carbons (Fsp3) is 0.160. The normalized spacial score (nSPS) is 12.5. The van der Waals surface area contributed by atoms with Crippen molar-refractivity contribution in [2.75, 3.05) is 5.32 Å². The number of benzene rings is 2. The second kappa shape index (κ2) is 10.6. The fourth-order valence-corrected chi connectivity index (χ4v) is 2.96. The van der Waals surface area contributed by atoms with Gasteiger partial charge in [-0.3, -0.25) is 4.79 Å². The van der Waals surface area contributed by atoms with E-state index in [1.165, 1.54) is 6.20 Å². The molecule has 0 radical (unpaired) electrons. The molecule has 4 N–H and O–H groups in total. The molecule has 0 amide bonds. The second-order valence-electron chi connectivity index (χ2n) is 7.81. The van der Waals surface area contributed by atoms with Crippen LogP contribution in [-0.4, -0.2) is 28.8 Å². The van der Waals surface area contributed by atoms with Crippen LogP contribution in [0.4, 0.5) is 20.3 Å². The Morgan fingerprint density at radius 3 is 2.56 bits per heavy atom. The van der Waals surface area contributed by atoms with Gasteiger partial charge in [0.2, 0.25) is 0 Å². The minimum atomic E-state index is -2.92. The number of pyridine rings is 1. The molecule has 3 rings (SSSR count). The number of alkyl halides is 2. The molecule has 0 saturated carbocycles. The van der Waals surface area contributed by atoms with Crippen molar-refractivity contribution in [1.82, 2.24) is 4.98 Å². The maximum absolute atomic E-state index is 12.7. The number of hydrogen-bond donors (Lipinski definition) is 3. The Morgan fingerprint density at radius 2 is 1.88 bits per heavy atom. The van der Waals surface area contributed by atoms with Crippen molar-refractivity contribution in [1.29, 1.82) is 0 Å². The number of halogens is 2. The van der Waals surface area contributed by atoms with Crippen molar-refractivity contribution in [3.8, 4) is 5.75 Å². The van der Waals surface area contributed by atoms with Crippen LogP contribution in [0.1, 0.15) is 25.0 Å². The molecule has 0 aliphatic rings. The molecule has 176 valence electrons. The number of aromatic nitrogens is 1. The van der Waals surface area contributed by atoms with Crippen LogP contribution in [0.25, 0.3) is 5.70 Å². The second-order valence-corrected chi connectivity index (χ2v) is 7.81. The lowest BCUT2D eigenvalue weighted by atomic mass is 9.84. The number of anilines is 2. The Morgan fingerprint density at radius 1 is 1.15 bits per heavy atom.